The highest BCUT2D eigenvalue weighted by molar-refractivity contribution is 7.73. The minimum absolute atomic E-state index is 0.0385. The molecule has 1 N–H and O–H groups in total. The van der Waals surface area contributed by atoms with E-state index in [-0.39, 0.29) is 11.2 Å². The molecule has 0 spiro atoms. The van der Waals surface area contributed by atoms with Gasteiger partial charge in [0.15, 0.2) is 10.8 Å². The first-order chi connectivity index (χ1) is 16.0. The zero-order valence-corrected chi connectivity index (χ0v) is 18.9. The molecule has 0 bridgehead atoms. The maximum Gasteiger partial charge on any atom is 0.240 e. The SMILES string of the molecule is CCC1N=C2C(C)=CC(=S(=O)=O)N=C2N1Cc1ccc(-c2ccccc2-c2nn[nH]n2)cc1. The van der Waals surface area contributed by atoms with Crippen molar-refractivity contribution in [1.82, 2.24) is 25.5 Å². The van der Waals surface area contributed by atoms with Crippen molar-refractivity contribution in [3.05, 3.63) is 65.7 Å². The number of hydrogen-bond acceptors (Lipinski definition) is 7. The third kappa shape index (κ3) is 3.89. The van der Waals surface area contributed by atoms with Gasteiger partial charge in [0.2, 0.25) is 16.1 Å². The van der Waals surface area contributed by atoms with Crippen molar-refractivity contribution in [2.75, 3.05) is 0 Å². The Morgan fingerprint density at radius 3 is 2.48 bits per heavy atom. The average molecular weight is 460 g/mol. The van der Waals surface area contributed by atoms with E-state index in [1.807, 2.05) is 31.2 Å². The van der Waals surface area contributed by atoms with Gasteiger partial charge in [0, 0.05) is 12.1 Å². The molecule has 9 nitrogen and oxygen atoms in total. The molecule has 5 rings (SSSR count). The molecule has 2 aliphatic heterocycles. The molecule has 0 fully saturated rings. The number of nitrogens with one attached hydrogen (secondary N) is 1. The second kappa shape index (κ2) is 8.55. The Bertz CT molecular complexity index is 1430. The van der Waals surface area contributed by atoms with E-state index in [1.165, 1.54) is 0 Å². The fourth-order valence-corrected chi connectivity index (χ4v) is 4.54. The fraction of sp³-hybridized carbons (Fsp3) is 0.217. The summed E-state index contributed by atoms with van der Waals surface area (Å²) in [5.74, 6) is 1.16. The largest absolute Gasteiger partial charge is 0.328 e. The predicted octanol–water partition coefficient (Wildman–Crippen LogP) is 2.89. The summed E-state index contributed by atoms with van der Waals surface area (Å²) in [4.78, 5) is 11.3. The molecule has 0 aliphatic carbocycles. The molecular weight excluding hydrogens is 438 g/mol. The zero-order valence-electron chi connectivity index (χ0n) is 18.1. The van der Waals surface area contributed by atoms with Crippen LogP contribution in [0.1, 0.15) is 25.8 Å². The van der Waals surface area contributed by atoms with Gasteiger partial charge < -0.3 is 4.90 Å². The lowest BCUT2D eigenvalue weighted by Gasteiger charge is -2.26. The molecule has 10 heteroatoms. The van der Waals surface area contributed by atoms with Crippen LogP contribution in [0.5, 0.6) is 0 Å². The van der Waals surface area contributed by atoms with Crippen molar-refractivity contribution < 1.29 is 8.42 Å². The van der Waals surface area contributed by atoms with Gasteiger partial charge in [-0.15, -0.1) is 10.2 Å². The Labute approximate surface area is 192 Å². The first-order valence-electron chi connectivity index (χ1n) is 10.6. The maximum absolute atomic E-state index is 11.5. The van der Waals surface area contributed by atoms with Crippen LogP contribution in [0, 0.1) is 0 Å². The standard InChI is InChI=1S/C23H21N7O2S/c1-3-19-24-21-14(2)12-20(33(31)32)25-23(21)30(19)13-15-8-10-16(11-9-15)17-6-4-5-7-18(17)22-26-28-29-27-22/h4-12,19H,3,13H2,1-2H3,(H,26,27,28,29). The van der Waals surface area contributed by atoms with Gasteiger partial charge in [0.25, 0.3) is 0 Å². The van der Waals surface area contributed by atoms with Gasteiger partial charge in [0.05, 0.1) is 0 Å². The van der Waals surface area contributed by atoms with Gasteiger partial charge in [-0.05, 0) is 46.9 Å². The molecule has 2 aromatic carbocycles. The predicted molar refractivity (Wildman–Crippen MR) is 127 cm³/mol. The third-order valence-corrected chi connectivity index (χ3v) is 6.27. The minimum atomic E-state index is -2.39. The van der Waals surface area contributed by atoms with Crippen molar-refractivity contribution in [1.29, 1.82) is 0 Å². The number of aromatic nitrogens is 4. The lowest BCUT2D eigenvalue weighted by atomic mass is 9.98. The number of H-pyrrole nitrogens is 1. The summed E-state index contributed by atoms with van der Waals surface area (Å²) >= 11 is 0. The summed E-state index contributed by atoms with van der Waals surface area (Å²) in [5, 5.41) is 14.4. The van der Waals surface area contributed by atoms with Crippen LogP contribution in [-0.4, -0.2) is 56.6 Å². The van der Waals surface area contributed by atoms with Gasteiger partial charge in [-0.25, -0.2) is 4.99 Å². The van der Waals surface area contributed by atoms with Crippen LogP contribution in [0.15, 0.2) is 70.2 Å². The molecule has 1 unspecified atom stereocenters. The second-order valence-corrected chi connectivity index (χ2v) is 8.70. The summed E-state index contributed by atoms with van der Waals surface area (Å²) in [5.41, 5.74) is 5.60. The van der Waals surface area contributed by atoms with E-state index in [9.17, 15) is 8.42 Å². The van der Waals surface area contributed by atoms with E-state index in [1.54, 1.807) is 6.08 Å². The molecule has 1 atom stereocenters. The third-order valence-electron chi connectivity index (χ3n) is 5.72. The molecule has 33 heavy (non-hydrogen) atoms. The Balaban J connectivity index is 1.44. The van der Waals surface area contributed by atoms with Gasteiger partial charge in [-0.3, -0.25) is 4.99 Å². The summed E-state index contributed by atoms with van der Waals surface area (Å²) in [7, 11) is -2.39. The van der Waals surface area contributed by atoms with E-state index in [2.05, 4.69) is 61.7 Å². The number of dihydropyridines is 1. The molecule has 166 valence electrons. The van der Waals surface area contributed by atoms with Crippen molar-refractivity contribution in [3.8, 4) is 22.5 Å². The van der Waals surface area contributed by atoms with E-state index < -0.39 is 10.3 Å². The molecule has 3 heterocycles. The monoisotopic (exact) mass is 459 g/mol. The number of nitrogens with zero attached hydrogens (tertiary/aromatic N) is 6. The highest BCUT2D eigenvalue weighted by atomic mass is 32.2. The van der Waals surface area contributed by atoms with Crippen molar-refractivity contribution in [2.24, 2.45) is 9.98 Å². The van der Waals surface area contributed by atoms with E-state index >= 15 is 0 Å². The lowest BCUT2D eigenvalue weighted by Crippen LogP contribution is -2.37. The Morgan fingerprint density at radius 2 is 1.82 bits per heavy atom. The number of aromatic amines is 1. The smallest absolute Gasteiger partial charge is 0.240 e. The first-order valence-corrected chi connectivity index (χ1v) is 11.6. The number of amidine groups is 1. The number of rotatable bonds is 5. The lowest BCUT2D eigenvalue weighted by molar-refractivity contribution is 0.321. The van der Waals surface area contributed by atoms with Crippen molar-refractivity contribution in [2.45, 2.75) is 33.0 Å². The molecule has 2 aliphatic rings. The second-order valence-electron chi connectivity index (χ2n) is 7.81. The molecule has 0 amide bonds. The zero-order chi connectivity index (χ0) is 22.9. The van der Waals surface area contributed by atoms with Crippen molar-refractivity contribution in [3.63, 3.8) is 0 Å². The minimum Gasteiger partial charge on any atom is -0.328 e. The van der Waals surface area contributed by atoms with Crippen molar-refractivity contribution >= 4 is 26.8 Å². The van der Waals surface area contributed by atoms with Crippen LogP contribution in [0.4, 0.5) is 0 Å². The molecule has 0 radical (unpaired) electrons. The first kappa shape index (κ1) is 21.0. The normalized spacial score (nSPS) is 17.4. The van der Waals surface area contributed by atoms with Crippen LogP contribution in [-0.2, 0) is 16.8 Å². The average Bonchev–Trinajstić information content (AvgIpc) is 3.48. The number of hydrogen-bond donors (Lipinski definition) is 1. The fourth-order valence-electron chi connectivity index (χ4n) is 4.11. The summed E-state index contributed by atoms with van der Waals surface area (Å²) in [6.07, 6.45) is 2.28. The van der Waals surface area contributed by atoms with Crippen LogP contribution >= 0.6 is 0 Å². The molecule has 1 aromatic heterocycles. The van der Waals surface area contributed by atoms with E-state index in [0.29, 0.717) is 18.2 Å². The van der Waals surface area contributed by atoms with Gasteiger partial charge >= 0.3 is 0 Å². The summed E-state index contributed by atoms with van der Waals surface area (Å²) < 4.78 is 23.1. The highest BCUT2D eigenvalue weighted by Gasteiger charge is 2.34. The number of benzene rings is 2. The molecule has 0 saturated heterocycles. The Hall–Kier alpha value is -3.92. The summed E-state index contributed by atoms with van der Waals surface area (Å²) in [6.45, 7) is 4.50. The quantitative estimate of drug-likeness (QED) is 0.587. The Morgan fingerprint density at radius 1 is 1.06 bits per heavy atom. The Kier molecular flexibility index (Phi) is 5.43. The summed E-state index contributed by atoms with van der Waals surface area (Å²) in [6, 6.07) is 16.2. The van der Waals surface area contributed by atoms with Crippen LogP contribution < -0.4 is 0 Å². The maximum atomic E-state index is 11.5. The molecule has 0 saturated carbocycles. The van der Waals surface area contributed by atoms with Gasteiger partial charge in [0.1, 0.15) is 11.9 Å². The van der Waals surface area contributed by atoms with Crippen LogP contribution in [0.25, 0.3) is 22.5 Å². The van der Waals surface area contributed by atoms with E-state index in [0.717, 1.165) is 40.0 Å². The molecule has 3 aromatic rings. The van der Waals surface area contributed by atoms with Gasteiger partial charge in [-0.1, -0.05) is 55.5 Å². The highest BCUT2D eigenvalue weighted by Crippen LogP contribution is 2.30. The van der Waals surface area contributed by atoms with E-state index in [4.69, 9.17) is 4.99 Å². The van der Waals surface area contributed by atoms with Crippen LogP contribution in [0.3, 0.4) is 0 Å². The number of aliphatic imine (C=N–C) groups is 2. The van der Waals surface area contributed by atoms with Gasteiger partial charge in [-0.2, -0.15) is 13.6 Å². The topological polar surface area (TPSA) is 117 Å². The number of fused-ring (bicyclic) bond motifs is 1. The molecular formula is C23H21N7O2S. The van der Waals surface area contributed by atoms with Crippen LogP contribution in [0.2, 0.25) is 0 Å². The number of tetrazole rings is 1.